The van der Waals surface area contributed by atoms with Crippen LogP contribution in [0.15, 0.2) is 24.3 Å². The average molecular weight is 277 g/mol. The van der Waals surface area contributed by atoms with Gasteiger partial charge in [0.15, 0.2) is 0 Å². The first-order chi connectivity index (χ1) is 9.51. The van der Waals surface area contributed by atoms with Gasteiger partial charge in [-0.3, -0.25) is 0 Å². The zero-order valence-electron chi connectivity index (χ0n) is 12.6. The number of methoxy groups -OCH3 is 1. The van der Waals surface area contributed by atoms with E-state index in [1.807, 2.05) is 0 Å². The highest BCUT2D eigenvalue weighted by molar-refractivity contribution is 5.89. The van der Waals surface area contributed by atoms with Crippen molar-refractivity contribution in [2.75, 3.05) is 20.7 Å². The molecule has 0 amide bonds. The maximum atomic E-state index is 12.2. The molecule has 0 bridgehead atoms. The van der Waals surface area contributed by atoms with E-state index in [-0.39, 0.29) is 12.1 Å². The maximum Gasteiger partial charge on any atom is 0.338 e. The van der Waals surface area contributed by atoms with Crippen LogP contribution < -0.4 is 4.74 Å². The van der Waals surface area contributed by atoms with E-state index < -0.39 is 0 Å². The largest absolute Gasteiger partial charge is 0.497 e. The van der Waals surface area contributed by atoms with E-state index >= 15 is 0 Å². The molecule has 2 rings (SSSR count). The first-order valence-electron chi connectivity index (χ1n) is 7.06. The van der Waals surface area contributed by atoms with Gasteiger partial charge in [-0.2, -0.15) is 0 Å². The quantitative estimate of drug-likeness (QED) is 0.796. The van der Waals surface area contributed by atoms with Crippen molar-refractivity contribution in [2.45, 2.75) is 32.4 Å². The van der Waals surface area contributed by atoms with Gasteiger partial charge in [0.25, 0.3) is 0 Å². The number of nitrogens with zero attached hydrogens (tertiary/aromatic N) is 1. The summed E-state index contributed by atoms with van der Waals surface area (Å²) in [6.45, 7) is 5.26. The average Bonchev–Trinajstić information content (AvgIpc) is 2.44. The van der Waals surface area contributed by atoms with Gasteiger partial charge in [0.05, 0.1) is 12.7 Å². The van der Waals surface area contributed by atoms with E-state index in [4.69, 9.17) is 9.47 Å². The predicted molar refractivity (Wildman–Crippen MR) is 78.1 cm³/mol. The van der Waals surface area contributed by atoms with Crippen molar-refractivity contribution in [3.63, 3.8) is 0 Å². The highest BCUT2D eigenvalue weighted by Gasteiger charge is 2.31. The molecule has 1 saturated heterocycles. The minimum Gasteiger partial charge on any atom is -0.497 e. The summed E-state index contributed by atoms with van der Waals surface area (Å²) in [5, 5.41) is 0. The van der Waals surface area contributed by atoms with E-state index in [1.54, 1.807) is 31.4 Å². The van der Waals surface area contributed by atoms with Gasteiger partial charge in [-0.15, -0.1) is 0 Å². The number of esters is 1. The van der Waals surface area contributed by atoms with E-state index in [1.165, 1.54) is 0 Å². The molecule has 1 aromatic rings. The van der Waals surface area contributed by atoms with E-state index in [9.17, 15) is 4.79 Å². The highest BCUT2D eigenvalue weighted by atomic mass is 16.5. The summed E-state index contributed by atoms with van der Waals surface area (Å²) < 4.78 is 10.8. The van der Waals surface area contributed by atoms with Crippen LogP contribution >= 0.6 is 0 Å². The Bertz CT molecular complexity index is 457. The summed E-state index contributed by atoms with van der Waals surface area (Å²) in [6.07, 6.45) is 0.885. The zero-order chi connectivity index (χ0) is 14.7. The van der Waals surface area contributed by atoms with Gasteiger partial charge in [-0.1, -0.05) is 6.92 Å². The Labute approximate surface area is 120 Å². The van der Waals surface area contributed by atoms with Gasteiger partial charge >= 0.3 is 5.97 Å². The van der Waals surface area contributed by atoms with Crippen LogP contribution in [0, 0.1) is 5.92 Å². The molecule has 110 valence electrons. The topological polar surface area (TPSA) is 38.8 Å². The van der Waals surface area contributed by atoms with Gasteiger partial charge in [0, 0.05) is 18.5 Å². The number of benzene rings is 1. The van der Waals surface area contributed by atoms with E-state index in [0.717, 1.165) is 18.7 Å². The molecule has 0 aromatic heterocycles. The van der Waals surface area contributed by atoms with E-state index in [2.05, 4.69) is 25.8 Å². The van der Waals surface area contributed by atoms with Crippen molar-refractivity contribution in [1.82, 2.24) is 4.90 Å². The molecule has 0 N–H and O–H groups in total. The standard InChI is InChI=1S/C16H23NO3/c1-11-10-17(3)12(2)9-15(11)20-16(18)13-5-7-14(19-4)8-6-13/h5-8,11-12,15H,9-10H2,1-4H3/t11-,12+,15+/m0/s1. The van der Waals surface area contributed by atoms with Crippen LogP contribution in [0.3, 0.4) is 0 Å². The smallest absolute Gasteiger partial charge is 0.338 e. The third-order valence-electron chi connectivity index (χ3n) is 4.12. The minimum atomic E-state index is -0.249. The Balaban J connectivity index is 1.99. The summed E-state index contributed by atoms with van der Waals surface area (Å²) in [4.78, 5) is 14.5. The fourth-order valence-electron chi connectivity index (χ4n) is 2.60. The molecule has 3 atom stereocenters. The Morgan fingerprint density at radius 1 is 1.25 bits per heavy atom. The second kappa shape index (κ2) is 6.27. The van der Waals surface area contributed by atoms with Gasteiger partial charge in [-0.25, -0.2) is 4.79 Å². The van der Waals surface area contributed by atoms with Crippen molar-refractivity contribution in [1.29, 1.82) is 0 Å². The van der Waals surface area contributed by atoms with Crippen molar-refractivity contribution in [3.05, 3.63) is 29.8 Å². The van der Waals surface area contributed by atoms with Gasteiger partial charge in [-0.05, 0) is 44.7 Å². The van der Waals surface area contributed by atoms with Crippen molar-refractivity contribution in [3.8, 4) is 5.75 Å². The molecule has 1 aliphatic heterocycles. The van der Waals surface area contributed by atoms with Crippen LogP contribution in [0.5, 0.6) is 5.75 Å². The number of piperidine rings is 1. The Hall–Kier alpha value is -1.55. The number of rotatable bonds is 3. The van der Waals surface area contributed by atoms with Crippen LogP contribution in [0.2, 0.25) is 0 Å². The minimum absolute atomic E-state index is 0.00389. The molecular formula is C16H23NO3. The van der Waals surface area contributed by atoms with E-state index in [0.29, 0.717) is 17.5 Å². The molecule has 1 heterocycles. The van der Waals surface area contributed by atoms with Gasteiger partial charge in [0.1, 0.15) is 11.9 Å². The van der Waals surface area contributed by atoms with Gasteiger partial charge < -0.3 is 14.4 Å². The fourth-order valence-corrected chi connectivity index (χ4v) is 2.60. The predicted octanol–water partition coefficient (Wildman–Crippen LogP) is 2.58. The molecule has 0 unspecified atom stereocenters. The molecule has 20 heavy (non-hydrogen) atoms. The molecule has 4 heteroatoms. The number of hydrogen-bond donors (Lipinski definition) is 0. The lowest BCUT2D eigenvalue weighted by molar-refractivity contribution is -0.0196. The van der Waals surface area contributed by atoms with Crippen LogP contribution in [-0.2, 0) is 4.74 Å². The van der Waals surface area contributed by atoms with Crippen molar-refractivity contribution >= 4 is 5.97 Å². The summed E-state index contributed by atoms with van der Waals surface area (Å²) in [5.74, 6) is 0.850. The first-order valence-corrected chi connectivity index (χ1v) is 7.06. The number of carbonyl (C=O) groups is 1. The second-order valence-electron chi connectivity index (χ2n) is 5.67. The lowest BCUT2D eigenvalue weighted by Gasteiger charge is -2.39. The second-order valence-corrected chi connectivity index (χ2v) is 5.67. The monoisotopic (exact) mass is 277 g/mol. The number of likely N-dealkylation sites (tertiary alicyclic amines) is 1. The number of hydrogen-bond acceptors (Lipinski definition) is 4. The maximum absolute atomic E-state index is 12.2. The molecule has 0 spiro atoms. The van der Waals surface area contributed by atoms with Crippen LogP contribution in [0.25, 0.3) is 0 Å². The summed E-state index contributed by atoms with van der Waals surface area (Å²) in [5.41, 5.74) is 0.574. The molecular weight excluding hydrogens is 254 g/mol. The first kappa shape index (κ1) is 14.9. The SMILES string of the molecule is COc1ccc(C(=O)O[C@@H]2C[C@@H](C)N(C)C[C@@H]2C)cc1. The molecule has 0 aliphatic carbocycles. The lowest BCUT2D eigenvalue weighted by Crippen LogP contribution is -2.46. The summed E-state index contributed by atoms with van der Waals surface area (Å²) in [7, 11) is 3.72. The van der Waals surface area contributed by atoms with Crippen LogP contribution in [-0.4, -0.2) is 43.7 Å². The molecule has 1 aromatic carbocycles. The lowest BCUT2D eigenvalue weighted by atomic mass is 9.92. The Morgan fingerprint density at radius 2 is 1.90 bits per heavy atom. The normalized spacial score (nSPS) is 27.1. The molecule has 4 nitrogen and oxygen atoms in total. The van der Waals surface area contributed by atoms with Crippen LogP contribution in [0.4, 0.5) is 0 Å². The number of ether oxygens (including phenoxy) is 2. The van der Waals surface area contributed by atoms with Crippen molar-refractivity contribution in [2.24, 2.45) is 5.92 Å². The molecule has 0 saturated carbocycles. The molecule has 1 fully saturated rings. The third-order valence-corrected chi connectivity index (χ3v) is 4.12. The zero-order valence-corrected chi connectivity index (χ0v) is 12.6. The summed E-state index contributed by atoms with van der Waals surface area (Å²) in [6, 6.07) is 7.48. The fraction of sp³-hybridized carbons (Fsp3) is 0.562. The third kappa shape index (κ3) is 3.31. The molecule has 0 radical (unpaired) electrons. The Kier molecular flexibility index (Phi) is 4.65. The highest BCUT2D eigenvalue weighted by Crippen LogP contribution is 2.24. The molecule has 1 aliphatic rings. The van der Waals surface area contributed by atoms with Crippen LogP contribution in [0.1, 0.15) is 30.6 Å². The summed E-state index contributed by atoms with van der Waals surface area (Å²) >= 11 is 0. The number of carbonyl (C=O) groups excluding carboxylic acids is 1. The van der Waals surface area contributed by atoms with Crippen molar-refractivity contribution < 1.29 is 14.3 Å². The van der Waals surface area contributed by atoms with Gasteiger partial charge in [0.2, 0.25) is 0 Å². The Morgan fingerprint density at radius 3 is 2.50 bits per heavy atom.